The molecule has 0 bridgehead atoms. The van der Waals surface area contributed by atoms with E-state index in [0.717, 1.165) is 31.9 Å². The maximum absolute atomic E-state index is 11.2. The second kappa shape index (κ2) is 5.51. The summed E-state index contributed by atoms with van der Waals surface area (Å²) in [6, 6.07) is 7.50. The van der Waals surface area contributed by atoms with Gasteiger partial charge in [0.2, 0.25) is 0 Å². The van der Waals surface area contributed by atoms with E-state index >= 15 is 0 Å². The highest BCUT2D eigenvalue weighted by atomic mass is 32.1. The first-order valence-corrected chi connectivity index (χ1v) is 8.04. The lowest BCUT2D eigenvalue weighted by molar-refractivity contribution is 0.145. The lowest BCUT2D eigenvalue weighted by Crippen LogP contribution is -2.22. The first kappa shape index (κ1) is 14.5. The van der Waals surface area contributed by atoms with Crippen LogP contribution < -0.4 is 5.32 Å². The number of anilines is 2. The van der Waals surface area contributed by atoms with Crippen LogP contribution in [-0.2, 0) is 13.1 Å². The Hall–Kier alpha value is -3.11. The van der Waals surface area contributed by atoms with Crippen LogP contribution in [0.25, 0.3) is 10.2 Å². The molecule has 3 aromatic rings. The summed E-state index contributed by atoms with van der Waals surface area (Å²) in [7, 11) is 0. The molecule has 0 aliphatic carbocycles. The van der Waals surface area contributed by atoms with E-state index in [0.29, 0.717) is 18.9 Å². The van der Waals surface area contributed by atoms with E-state index in [1.165, 1.54) is 22.6 Å². The smallest absolute Gasteiger partial charge is 0.407 e. The highest BCUT2D eigenvalue weighted by molar-refractivity contribution is 7.19. The average molecular weight is 336 g/mol. The minimum Gasteiger partial charge on any atom is -0.465 e. The van der Waals surface area contributed by atoms with Gasteiger partial charge in [0, 0.05) is 21.7 Å². The first-order valence-electron chi connectivity index (χ1n) is 7.22. The lowest BCUT2D eigenvalue weighted by Gasteiger charge is -2.11. The van der Waals surface area contributed by atoms with Gasteiger partial charge in [-0.25, -0.2) is 14.8 Å². The van der Waals surface area contributed by atoms with E-state index in [4.69, 9.17) is 6.42 Å². The van der Waals surface area contributed by atoms with Gasteiger partial charge < -0.3 is 10.4 Å². The molecule has 6 nitrogen and oxygen atoms in total. The molecule has 118 valence electrons. The minimum atomic E-state index is -0.917. The number of nitrogens with zero attached hydrogens (tertiary/aromatic N) is 3. The third kappa shape index (κ3) is 2.33. The predicted molar refractivity (Wildman–Crippen MR) is 92.3 cm³/mol. The quantitative estimate of drug-likeness (QED) is 0.701. The first-order chi connectivity index (χ1) is 11.7. The van der Waals surface area contributed by atoms with E-state index < -0.39 is 6.09 Å². The number of hydrogen-bond donors (Lipinski definition) is 2. The molecule has 0 saturated carbocycles. The van der Waals surface area contributed by atoms with Gasteiger partial charge in [-0.3, -0.25) is 4.90 Å². The van der Waals surface area contributed by atoms with Gasteiger partial charge in [0.15, 0.2) is 0 Å². The summed E-state index contributed by atoms with van der Waals surface area (Å²) in [5.41, 5.74) is 2.59. The van der Waals surface area contributed by atoms with Crippen molar-refractivity contribution in [2.24, 2.45) is 0 Å². The number of carbonyl (C=O) groups is 1. The van der Waals surface area contributed by atoms with Crippen LogP contribution in [0.3, 0.4) is 0 Å². The zero-order valence-corrected chi connectivity index (χ0v) is 13.3. The van der Waals surface area contributed by atoms with Gasteiger partial charge in [-0.15, -0.1) is 17.8 Å². The molecule has 0 spiro atoms. The van der Waals surface area contributed by atoms with E-state index in [-0.39, 0.29) is 0 Å². The van der Waals surface area contributed by atoms with E-state index in [2.05, 4.69) is 21.2 Å². The highest BCUT2D eigenvalue weighted by Crippen LogP contribution is 2.39. The molecule has 1 aromatic carbocycles. The predicted octanol–water partition coefficient (Wildman–Crippen LogP) is 3.41. The molecule has 7 heteroatoms. The number of benzene rings is 1. The van der Waals surface area contributed by atoms with Crippen LogP contribution in [0.4, 0.5) is 16.3 Å². The van der Waals surface area contributed by atoms with Gasteiger partial charge in [-0.2, -0.15) is 0 Å². The number of aromatic nitrogens is 2. The molecule has 1 amide bonds. The maximum Gasteiger partial charge on any atom is 0.407 e. The largest absolute Gasteiger partial charge is 0.465 e. The summed E-state index contributed by atoms with van der Waals surface area (Å²) in [5, 5.41) is 13.4. The second-order valence-electron chi connectivity index (χ2n) is 5.39. The standard InChI is InChI=1S/C17H12N4O2S/c1-2-10-4-3-5-11(6-10)20-15-14-12-7-21(17(22)23)8-13(12)24-16(14)19-9-18-15/h1,3-6,9H,7-8H2,(H,22,23)(H,18,19,20). The molecular weight excluding hydrogens is 324 g/mol. The van der Waals surface area contributed by atoms with Crippen LogP contribution in [0.1, 0.15) is 16.0 Å². The number of rotatable bonds is 2. The molecule has 3 heterocycles. The Balaban J connectivity index is 1.77. The third-order valence-corrected chi connectivity index (χ3v) is 5.04. The zero-order valence-electron chi connectivity index (χ0n) is 12.5. The Bertz CT molecular complexity index is 1010. The minimum absolute atomic E-state index is 0.358. The third-order valence-electron chi connectivity index (χ3n) is 3.92. The molecule has 1 aliphatic heterocycles. The number of hydrogen-bond acceptors (Lipinski definition) is 5. The van der Waals surface area contributed by atoms with Crippen LogP contribution in [0.15, 0.2) is 30.6 Å². The van der Waals surface area contributed by atoms with E-state index in [9.17, 15) is 9.90 Å². The Morgan fingerprint density at radius 2 is 2.25 bits per heavy atom. The van der Waals surface area contributed by atoms with Crippen LogP contribution in [0.2, 0.25) is 0 Å². The SMILES string of the molecule is C#Cc1cccc(Nc2ncnc3sc4c(c23)CN(C(=O)O)C4)c1. The van der Waals surface area contributed by atoms with Crippen molar-refractivity contribution >= 4 is 39.2 Å². The number of carboxylic acid groups (broad SMARTS) is 1. The molecule has 0 atom stereocenters. The van der Waals surface area contributed by atoms with Crippen molar-refractivity contribution < 1.29 is 9.90 Å². The molecule has 2 aromatic heterocycles. The van der Waals surface area contributed by atoms with Gasteiger partial charge in [0.1, 0.15) is 17.0 Å². The molecule has 0 radical (unpaired) electrons. The van der Waals surface area contributed by atoms with Gasteiger partial charge in [-0.05, 0) is 18.2 Å². The normalized spacial score (nSPS) is 12.9. The van der Waals surface area contributed by atoms with Gasteiger partial charge in [-0.1, -0.05) is 12.0 Å². The number of thiophene rings is 1. The van der Waals surface area contributed by atoms with Crippen molar-refractivity contribution in [3.63, 3.8) is 0 Å². The van der Waals surface area contributed by atoms with Crippen molar-refractivity contribution in [3.05, 3.63) is 46.6 Å². The van der Waals surface area contributed by atoms with E-state index in [1.54, 1.807) is 0 Å². The fourth-order valence-corrected chi connectivity index (χ4v) is 3.97. The Morgan fingerprint density at radius 1 is 1.38 bits per heavy atom. The Labute approximate surface area is 141 Å². The molecule has 1 aliphatic rings. The second-order valence-corrected chi connectivity index (χ2v) is 6.48. The summed E-state index contributed by atoms with van der Waals surface area (Å²) in [6.45, 7) is 0.759. The lowest BCUT2D eigenvalue weighted by atomic mass is 10.2. The van der Waals surface area contributed by atoms with Crippen molar-refractivity contribution in [2.75, 3.05) is 5.32 Å². The number of terminal acetylenes is 1. The number of nitrogens with one attached hydrogen (secondary N) is 1. The fourth-order valence-electron chi connectivity index (χ4n) is 2.81. The van der Waals surface area contributed by atoms with Crippen LogP contribution in [0, 0.1) is 12.3 Å². The van der Waals surface area contributed by atoms with Gasteiger partial charge in [0.05, 0.1) is 18.5 Å². The van der Waals surface area contributed by atoms with Gasteiger partial charge in [0.25, 0.3) is 0 Å². The van der Waals surface area contributed by atoms with Crippen molar-refractivity contribution in [1.82, 2.24) is 14.9 Å². The molecule has 24 heavy (non-hydrogen) atoms. The number of fused-ring (bicyclic) bond motifs is 3. The summed E-state index contributed by atoms with van der Waals surface area (Å²) < 4.78 is 0. The summed E-state index contributed by atoms with van der Waals surface area (Å²) >= 11 is 1.51. The topological polar surface area (TPSA) is 78.4 Å². The molecule has 0 fully saturated rings. The van der Waals surface area contributed by atoms with E-state index in [1.807, 2.05) is 24.3 Å². The molecule has 4 rings (SSSR count). The summed E-state index contributed by atoms with van der Waals surface area (Å²) in [6.07, 6.45) is 6.03. The fraction of sp³-hybridized carbons (Fsp3) is 0.118. The maximum atomic E-state index is 11.2. The molecular formula is C17H12N4O2S. The molecule has 0 unspecified atom stereocenters. The van der Waals surface area contributed by atoms with Crippen molar-refractivity contribution in [1.29, 1.82) is 0 Å². The Kier molecular flexibility index (Phi) is 3.32. The zero-order chi connectivity index (χ0) is 16.7. The molecule has 2 N–H and O–H groups in total. The van der Waals surface area contributed by atoms with Crippen molar-refractivity contribution in [3.8, 4) is 12.3 Å². The summed E-state index contributed by atoms with van der Waals surface area (Å²) in [4.78, 5) is 23.1. The highest BCUT2D eigenvalue weighted by Gasteiger charge is 2.29. The van der Waals surface area contributed by atoms with Crippen LogP contribution in [-0.4, -0.2) is 26.1 Å². The van der Waals surface area contributed by atoms with Crippen LogP contribution in [0.5, 0.6) is 0 Å². The monoisotopic (exact) mass is 336 g/mol. The van der Waals surface area contributed by atoms with Gasteiger partial charge >= 0.3 is 6.09 Å². The summed E-state index contributed by atoms with van der Waals surface area (Å²) in [5.74, 6) is 3.27. The Morgan fingerprint density at radius 3 is 3.04 bits per heavy atom. The van der Waals surface area contributed by atoms with Crippen molar-refractivity contribution in [2.45, 2.75) is 13.1 Å². The van der Waals surface area contributed by atoms with Crippen LogP contribution >= 0.6 is 11.3 Å². The molecule has 0 saturated heterocycles. The average Bonchev–Trinajstić information content (AvgIpc) is 3.13. The number of amides is 1.